The van der Waals surface area contributed by atoms with Gasteiger partial charge in [-0.3, -0.25) is 0 Å². The summed E-state index contributed by atoms with van der Waals surface area (Å²) < 4.78 is 5.48. The summed E-state index contributed by atoms with van der Waals surface area (Å²) in [4.78, 5) is 16.5. The van der Waals surface area contributed by atoms with Crippen LogP contribution in [0.25, 0.3) is 0 Å². The Morgan fingerprint density at radius 1 is 1.36 bits per heavy atom. The zero-order valence-electron chi connectivity index (χ0n) is 13.4. The average Bonchev–Trinajstić information content (AvgIpc) is 2.54. The molecule has 122 valence electrons. The molecule has 1 saturated heterocycles. The van der Waals surface area contributed by atoms with Crippen LogP contribution in [0.2, 0.25) is 0 Å². The molecular weight excluding hydrogens is 278 g/mol. The van der Waals surface area contributed by atoms with E-state index in [1.165, 1.54) is 6.42 Å². The number of carbonyl (C=O) groups excluding carboxylic acids is 1. The Morgan fingerprint density at radius 2 is 2.14 bits per heavy atom. The Balaban J connectivity index is 1.87. The van der Waals surface area contributed by atoms with Gasteiger partial charge in [0.15, 0.2) is 0 Å². The molecule has 0 saturated carbocycles. The first-order chi connectivity index (χ1) is 10.7. The Bertz CT molecular complexity index is 452. The van der Waals surface area contributed by atoms with E-state index in [0.29, 0.717) is 13.2 Å². The molecule has 2 rings (SSSR count). The van der Waals surface area contributed by atoms with E-state index in [-0.39, 0.29) is 12.1 Å². The minimum absolute atomic E-state index is 0.199. The highest BCUT2D eigenvalue weighted by atomic mass is 16.6. The standard InChI is InChI=1S/C17H27N3O2/c1-19(12-10-18)13-16-9-5-6-11-20(16)17(21)22-14-15-7-3-2-4-8-15/h2-4,7-8,16H,5-6,9-14,18H2,1H3/t16-/m1/s1. The predicted molar refractivity (Wildman–Crippen MR) is 87.5 cm³/mol. The van der Waals surface area contributed by atoms with Gasteiger partial charge in [-0.2, -0.15) is 0 Å². The van der Waals surface area contributed by atoms with Crippen molar-refractivity contribution >= 4 is 6.09 Å². The van der Waals surface area contributed by atoms with Gasteiger partial charge < -0.3 is 20.3 Å². The number of nitrogens with two attached hydrogens (primary N) is 1. The summed E-state index contributed by atoms with van der Waals surface area (Å²) in [7, 11) is 2.05. The van der Waals surface area contributed by atoms with Crippen molar-refractivity contribution in [3.63, 3.8) is 0 Å². The van der Waals surface area contributed by atoms with E-state index in [0.717, 1.165) is 38.0 Å². The number of likely N-dealkylation sites (tertiary alicyclic amines) is 1. The van der Waals surface area contributed by atoms with Crippen LogP contribution < -0.4 is 5.73 Å². The van der Waals surface area contributed by atoms with Crippen LogP contribution >= 0.6 is 0 Å². The fourth-order valence-electron chi connectivity index (χ4n) is 2.90. The van der Waals surface area contributed by atoms with Gasteiger partial charge in [0, 0.05) is 32.2 Å². The molecule has 0 radical (unpaired) electrons. The Kier molecular flexibility index (Phi) is 6.68. The van der Waals surface area contributed by atoms with Crippen LogP contribution in [0.15, 0.2) is 30.3 Å². The highest BCUT2D eigenvalue weighted by Gasteiger charge is 2.28. The number of hydrogen-bond acceptors (Lipinski definition) is 4. The van der Waals surface area contributed by atoms with Crippen LogP contribution in [-0.2, 0) is 11.3 Å². The topological polar surface area (TPSA) is 58.8 Å². The second-order valence-corrected chi connectivity index (χ2v) is 5.93. The first-order valence-electron chi connectivity index (χ1n) is 8.06. The fraction of sp³-hybridized carbons (Fsp3) is 0.588. The van der Waals surface area contributed by atoms with Gasteiger partial charge >= 0.3 is 6.09 Å². The van der Waals surface area contributed by atoms with Crippen molar-refractivity contribution in [3.05, 3.63) is 35.9 Å². The molecule has 1 aromatic carbocycles. The number of nitrogens with zero attached hydrogens (tertiary/aromatic N) is 2. The maximum absolute atomic E-state index is 12.4. The van der Waals surface area contributed by atoms with Gasteiger partial charge in [0.05, 0.1) is 0 Å². The molecule has 1 aromatic rings. The van der Waals surface area contributed by atoms with Gasteiger partial charge in [-0.15, -0.1) is 0 Å². The molecule has 5 nitrogen and oxygen atoms in total. The van der Waals surface area contributed by atoms with Crippen molar-refractivity contribution in [1.82, 2.24) is 9.80 Å². The third kappa shape index (κ3) is 5.00. The quantitative estimate of drug-likeness (QED) is 0.874. The van der Waals surface area contributed by atoms with Crippen molar-refractivity contribution in [2.45, 2.75) is 31.9 Å². The minimum Gasteiger partial charge on any atom is -0.445 e. The van der Waals surface area contributed by atoms with Gasteiger partial charge in [-0.05, 0) is 31.9 Å². The third-order valence-corrected chi connectivity index (χ3v) is 4.10. The maximum atomic E-state index is 12.4. The van der Waals surface area contributed by atoms with E-state index in [1.807, 2.05) is 35.2 Å². The number of ether oxygens (including phenoxy) is 1. The molecule has 0 aromatic heterocycles. The summed E-state index contributed by atoms with van der Waals surface area (Å²) in [5.41, 5.74) is 6.61. The number of benzene rings is 1. The van der Waals surface area contributed by atoms with Gasteiger partial charge in [0.1, 0.15) is 6.61 Å². The number of hydrogen-bond donors (Lipinski definition) is 1. The second-order valence-electron chi connectivity index (χ2n) is 5.93. The molecule has 1 atom stereocenters. The molecule has 2 N–H and O–H groups in total. The lowest BCUT2D eigenvalue weighted by Gasteiger charge is -2.37. The second kappa shape index (κ2) is 8.76. The number of rotatable bonds is 6. The fourth-order valence-corrected chi connectivity index (χ4v) is 2.90. The Hall–Kier alpha value is -1.59. The Labute approximate surface area is 133 Å². The molecule has 5 heteroatoms. The monoisotopic (exact) mass is 305 g/mol. The van der Waals surface area contributed by atoms with Crippen molar-refractivity contribution in [3.8, 4) is 0 Å². The van der Waals surface area contributed by atoms with Crippen LogP contribution in [0.5, 0.6) is 0 Å². The summed E-state index contributed by atoms with van der Waals surface area (Å²) in [6.07, 6.45) is 3.06. The summed E-state index contributed by atoms with van der Waals surface area (Å²) in [5, 5.41) is 0. The van der Waals surface area contributed by atoms with Crippen molar-refractivity contribution in [1.29, 1.82) is 0 Å². The number of amides is 1. The minimum atomic E-state index is -0.199. The van der Waals surface area contributed by atoms with E-state index in [1.54, 1.807) is 0 Å². The summed E-state index contributed by atoms with van der Waals surface area (Å²) in [6, 6.07) is 10.0. The molecule has 0 spiro atoms. The van der Waals surface area contributed by atoms with Crippen molar-refractivity contribution < 1.29 is 9.53 Å². The maximum Gasteiger partial charge on any atom is 0.410 e. The lowest BCUT2D eigenvalue weighted by Crippen LogP contribution is -2.49. The normalized spacial score (nSPS) is 18.5. The number of carbonyl (C=O) groups is 1. The SMILES string of the molecule is CN(CCN)C[C@H]1CCCCN1C(=O)OCc1ccccc1. The van der Waals surface area contributed by atoms with Crippen LogP contribution in [-0.4, -0.2) is 55.2 Å². The zero-order valence-corrected chi connectivity index (χ0v) is 13.4. The molecule has 0 aliphatic carbocycles. The van der Waals surface area contributed by atoms with E-state index in [2.05, 4.69) is 11.9 Å². The predicted octanol–water partition coefficient (Wildman–Crippen LogP) is 2.07. The number of likely N-dealkylation sites (N-methyl/N-ethyl adjacent to an activating group) is 1. The lowest BCUT2D eigenvalue weighted by atomic mass is 10.0. The van der Waals surface area contributed by atoms with Crippen molar-refractivity contribution in [2.24, 2.45) is 5.73 Å². The van der Waals surface area contributed by atoms with Crippen LogP contribution in [0, 0.1) is 0 Å². The average molecular weight is 305 g/mol. The van der Waals surface area contributed by atoms with Crippen molar-refractivity contribution in [2.75, 3.05) is 33.2 Å². The van der Waals surface area contributed by atoms with Crippen LogP contribution in [0.1, 0.15) is 24.8 Å². The third-order valence-electron chi connectivity index (χ3n) is 4.10. The number of piperidine rings is 1. The summed E-state index contributed by atoms with van der Waals surface area (Å²) >= 11 is 0. The van der Waals surface area contributed by atoms with Crippen LogP contribution in [0.4, 0.5) is 4.79 Å². The molecule has 0 unspecified atom stereocenters. The Morgan fingerprint density at radius 3 is 2.86 bits per heavy atom. The molecule has 1 amide bonds. The molecule has 1 heterocycles. The molecule has 0 bridgehead atoms. The van der Waals surface area contributed by atoms with Gasteiger partial charge in [-0.25, -0.2) is 4.79 Å². The van der Waals surface area contributed by atoms with E-state index >= 15 is 0 Å². The smallest absolute Gasteiger partial charge is 0.410 e. The first-order valence-corrected chi connectivity index (χ1v) is 8.06. The van der Waals surface area contributed by atoms with Gasteiger partial charge in [0.25, 0.3) is 0 Å². The molecule has 1 aliphatic heterocycles. The van der Waals surface area contributed by atoms with E-state index < -0.39 is 0 Å². The zero-order chi connectivity index (χ0) is 15.8. The summed E-state index contributed by atoms with van der Waals surface area (Å²) in [6.45, 7) is 3.47. The highest BCUT2D eigenvalue weighted by molar-refractivity contribution is 5.68. The van der Waals surface area contributed by atoms with Gasteiger partial charge in [0.2, 0.25) is 0 Å². The molecular formula is C17H27N3O2. The molecule has 1 aliphatic rings. The first kappa shape index (κ1) is 16.8. The molecule has 22 heavy (non-hydrogen) atoms. The molecule has 1 fully saturated rings. The van der Waals surface area contributed by atoms with E-state index in [9.17, 15) is 4.79 Å². The highest BCUT2D eigenvalue weighted by Crippen LogP contribution is 2.19. The largest absolute Gasteiger partial charge is 0.445 e. The van der Waals surface area contributed by atoms with Gasteiger partial charge in [-0.1, -0.05) is 30.3 Å². The van der Waals surface area contributed by atoms with Crippen LogP contribution in [0.3, 0.4) is 0 Å². The van der Waals surface area contributed by atoms with E-state index in [4.69, 9.17) is 10.5 Å². The lowest BCUT2D eigenvalue weighted by molar-refractivity contribution is 0.0594. The summed E-state index contributed by atoms with van der Waals surface area (Å²) in [5.74, 6) is 0.